The lowest BCUT2D eigenvalue weighted by Crippen LogP contribution is -2.34. The standard InChI is InChI=1S/C11H11N3O4/c1-14(5-7-2-3-18-6-7)10(16)8-4-12-11(17)13-9(8)15/h2-4,6H,5H2,1H3,(H2,12,13,15,17). The normalized spacial score (nSPS) is 10.3. The van der Waals surface area contributed by atoms with Gasteiger partial charge in [-0.15, -0.1) is 0 Å². The van der Waals surface area contributed by atoms with E-state index in [0.29, 0.717) is 6.54 Å². The van der Waals surface area contributed by atoms with Gasteiger partial charge >= 0.3 is 5.69 Å². The lowest BCUT2D eigenvalue weighted by molar-refractivity contribution is 0.0782. The van der Waals surface area contributed by atoms with Crippen LogP contribution in [0.15, 0.2) is 38.8 Å². The highest BCUT2D eigenvalue weighted by Crippen LogP contribution is 2.05. The molecule has 0 radical (unpaired) electrons. The Hall–Kier alpha value is -2.57. The van der Waals surface area contributed by atoms with E-state index in [2.05, 4.69) is 4.98 Å². The smallest absolute Gasteiger partial charge is 0.325 e. The van der Waals surface area contributed by atoms with Crippen LogP contribution in [0.4, 0.5) is 0 Å². The van der Waals surface area contributed by atoms with Crippen LogP contribution in [0, 0.1) is 0 Å². The van der Waals surface area contributed by atoms with Crippen LogP contribution in [0.25, 0.3) is 0 Å². The van der Waals surface area contributed by atoms with Crippen LogP contribution in [0.3, 0.4) is 0 Å². The van der Waals surface area contributed by atoms with Crippen LogP contribution in [0.1, 0.15) is 15.9 Å². The van der Waals surface area contributed by atoms with Crippen LogP contribution in [0.5, 0.6) is 0 Å². The third-order valence-electron chi connectivity index (χ3n) is 2.40. The second kappa shape index (κ2) is 4.74. The fourth-order valence-electron chi connectivity index (χ4n) is 1.50. The predicted molar refractivity (Wildman–Crippen MR) is 62.2 cm³/mol. The number of amides is 1. The first-order chi connectivity index (χ1) is 8.58. The molecule has 0 atom stereocenters. The molecule has 0 aliphatic rings. The largest absolute Gasteiger partial charge is 0.472 e. The van der Waals surface area contributed by atoms with E-state index in [-0.39, 0.29) is 5.56 Å². The Morgan fingerprint density at radius 1 is 1.44 bits per heavy atom. The molecule has 0 spiro atoms. The molecule has 2 N–H and O–H groups in total. The van der Waals surface area contributed by atoms with E-state index in [1.165, 1.54) is 17.4 Å². The number of aromatic nitrogens is 2. The number of hydrogen-bond acceptors (Lipinski definition) is 4. The first-order valence-electron chi connectivity index (χ1n) is 5.16. The number of carbonyl (C=O) groups excluding carboxylic acids is 1. The summed E-state index contributed by atoms with van der Waals surface area (Å²) in [6, 6.07) is 1.72. The number of nitrogens with zero attached hydrogens (tertiary/aromatic N) is 1. The minimum Gasteiger partial charge on any atom is -0.472 e. The molecule has 94 valence electrons. The summed E-state index contributed by atoms with van der Waals surface area (Å²) >= 11 is 0. The van der Waals surface area contributed by atoms with E-state index < -0.39 is 17.2 Å². The van der Waals surface area contributed by atoms with Gasteiger partial charge in [-0.05, 0) is 6.07 Å². The number of aromatic amines is 2. The molecule has 0 aliphatic heterocycles. The monoisotopic (exact) mass is 249 g/mol. The summed E-state index contributed by atoms with van der Waals surface area (Å²) in [6.45, 7) is 0.313. The van der Waals surface area contributed by atoms with Crippen LogP contribution in [-0.2, 0) is 6.54 Å². The van der Waals surface area contributed by atoms with Crippen molar-refractivity contribution in [3.05, 3.63) is 56.8 Å². The summed E-state index contributed by atoms with van der Waals surface area (Å²) < 4.78 is 4.89. The van der Waals surface area contributed by atoms with Gasteiger partial charge in [-0.2, -0.15) is 0 Å². The summed E-state index contributed by atoms with van der Waals surface area (Å²) in [5, 5.41) is 0. The van der Waals surface area contributed by atoms with E-state index in [1.54, 1.807) is 13.1 Å². The molecule has 2 aromatic rings. The maximum Gasteiger partial charge on any atom is 0.325 e. The van der Waals surface area contributed by atoms with Gasteiger partial charge in [0.15, 0.2) is 0 Å². The van der Waals surface area contributed by atoms with Crippen molar-refractivity contribution in [2.24, 2.45) is 0 Å². The van der Waals surface area contributed by atoms with Gasteiger partial charge in [0.05, 0.1) is 12.5 Å². The average Bonchev–Trinajstić information content (AvgIpc) is 2.81. The molecule has 0 saturated carbocycles. The fourth-order valence-corrected chi connectivity index (χ4v) is 1.50. The van der Waals surface area contributed by atoms with Crippen molar-refractivity contribution in [2.75, 3.05) is 7.05 Å². The maximum atomic E-state index is 12.0. The van der Waals surface area contributed by atoms with Crippen LogP contribution < -0.4 is 11.2 Å². The molecule has 0 aliphatic carbocycles. The first kappa shape index (κ1) is 11.9. The quantitative estimate of drug-likeness (QED) is 0.795. The van der Waals surface area contributed by atoms with Gasteiger partial charge in [0.2, 0.25) is 0 Å². The molecule has 0 fully saturated rings. The molecule has 7 heteroatoms. The lowest BCUT2D eigenvalue weighted by Gasteiger charge is -2.15. The number of H-pyrrole nitrogens is 2. The third kappa shape index (κ3) is 2.40. The van der Waals surface area contributed by atoms with E-state index in [9.17, 15) is 14.4 Å². The number of carbonyl (C=O) groups is 1. The Bertz CT molecular complexity index is 653. The van der Waals surface area contributed by atoms with Gasteiger partial charge < -0.3 is 14.3 Å². The first-order valence-corrected chi connectivity index (χ1v) is 5.16. The number of furan rings is 1. The highest BCUT2D eigenvalue weighted by Gasteiger charge is 2.16. The lowest BCUT2D eigenvalue weighted by atomic mass is 10.2. The highest BCUT2D eigenvalue weighted by molar-refractivity contribution is 5.93. The maximum absolute atomic E-state index is 12.0. The van der Waals surface area contributed by atoms with Gasteiger partial charge in [0.25, 0.3) is 11.5 Å². The van der Waals surface area contributed by atoms with E-state index in [0.717, 1.165) is 11.8 Å². The minimum atomic E-state index is -0.706. The van der Waals surface area contributed by atoms with Crippen LogP contribution >= 0.6 is 0 Å². The predicted octanol–water partition coefficient (Wildman–Crippen LogP) is -0.0716. The molecule has 0 bridgehead atoms. The van der Waals surface area contributed by atoms with Crippen LogP contribution in [-0.4, -0.2) is 27.8 Å². The number of hydrogen-bond donors (Lipinski definition) is 2. The minimum absolute atomic E-state index is 0.111. The summed E-state index contributed by atoms with van der Waals surface area (Å²) in [6.07, 6.45) is 4.12. The zero-order valence-corrected chi connectivity index (χ0v) is 9.60. The van der Waals surface area contributed by atoms with Crippen molar-refractivity contribution in [3.63, 3.8) is 0 Å². The summed E-state index contributed by atoms with van der Waals surface area (Å²) in [5.41, 5.74) is -0.649. The topological polar surface area (TPSA) is 99.2 Å². The molecular formula is C11H11N3O4. The van der Waals surface area contributed by atoms with Crippen molar-refractivity contribution < 1.29 is 9.21 Å². The Morgan fingerprint density at radius 3 is 2.83 bits per heavy atom. The van der Waals surface area contributed by atoms with E-state index in [1.807, 2.05) is 4.98 Å². The molecule has 2 rings (SSSR count). The second-order valence-electron chi connectivity index (χ2n) is 3.78. The number of nitrogens with one attached hydrogen (secondary N) is 2. The van der Waals surface area contributed by atoms with E-state index in [4.69, 9.17) is 4.42 Å². The van der Waals surface area contributed by atoms with Gasteiger partial charge in [-0.3, -0.25) is 14.6 Å². The summed E-state index contributed by atoms with van der Waals surface area (Å²) in [4.78, 5) is 39.9. The highest BCUT2D eigenvalue weighted by atomic mass is 16.3. The summed E-state index contributed by atoms with van der Waals surface area (Å²) in [7, 11) is 1.56. The summed E-state index contributed by atoms with van der Waals surface area (Å²) in [5.74, 6) is -0.478. The van der Waals surface area contributed by atoms with Crippen molar-refractivity contribution in [2.45, 2.75) is 6.54 Å². The molecule has 2 aromatic heterocycles. The third-order valence-corrected chi connectivity index (χ3v) is 2.40. The second-order valence-corrected chi connectivity index (χ2v) is 3.78. The molecular weight excluding hydrogens is 238 g/mol. The molecule has 2 heterocycles. The SMILES string of the molecule is CN(Cc1ccoc1)C(=O)c1c[nH]c(=O)[nH]c1=O. The average molecular weight is 249 g/mol. The van der Waals surface area contributed by atoms with Gasteiger partial charge in [0, 0.05) is 25.4 Å². The molecule has 0 aromatic carbocycles. The Balaban J connectivity index is 2.20. The van der Waals surface area contributed by atoms with Crippen molar-refractivity contribution >= 4 is 5.91 Å². The Kier molecular flexibility index (Phi) is 3.13. The van der Waals surface area contributed by atoms with Gasteiger partial charge in [-0.25, -0.2) is 4.79 Å². The zero-order valence-electron chi connectivity index (χ0n) is 9.60. The zero-order chi connectivity index (χ0) is 13.1. The molecule has 0 saturated heterocycles. The van der Waals surface area contributed by atoms with Crippen molar-refractivity contribution in [1.82, 2.24) is 14.9 Å². The van der Waals surface area contributed by atoms with Crippen molar-refractivity contribution in [3.8, 4) is 0 Å². The van der Waals surface area contributed by atoms with Crippen LogP contribution in [0.2, 0.25) is 0 Å². The Morgan fingerprint density at radius 2 is 2.22 bits per heavy atom. The fraction of sp³-hybridized carbons (Fsp3) is 0.182. The van der Waals surface area contributed by atoms with Gasteiger partial charge in [-0.1, -0.05) is 0 Å². The molecule has 0 unspecified atom stereocenters. The number of rotatable bonds is 3. The molecule has 18 heavy (non-hydrogen) atoms. The molecule has 7 nitrogen and oxygen atoms in total. The molecule has 1 amide bonds. The van der Waals surface area contributed by atoms with E-state index >= 15 is 0 Å². The van der Waals surface area contributed by atoms with Gasteiger partial charge in [0.1, 0.15) is 5.56 Å². The Labute approximate surface area is 101 Å². The van der Waals surface area contributed by atoms with Crippen molar-refractivity contribution in [1.29, 1.82) is 0 Å².